The van der Waals surface area contributed by atoms with Crippen molar-refractivity contribution in [1.82, 2.24) is 4.90 Å². The highest BCUT2D eigenvalue weighted by atomic mass is 19.3. The van der Waals surface area contributed by atoms with Crippen molar-refractivity contribution in [3.8, 4) is 5.75 Å². The molecule has 1 saturated heterocycles. The predicted molar refractivity (Wildman–Crippen MR) is 113 cm³/mol. The summed E-state index contributed by atoms with van der Waals surface area (Å²) in [7, 11) is 0. The molecule has 3 rings (SSSR count). The first-order valence-corrected chi connectivity index (χ1v) is 10.2. The largest absolute Gasteiger partial charge is 0.452 e. The number of alkyl halides is 2. The van der Waals surface area contributed by atoms with Gasteiger partial charge in [0.2, 0.25) is 0 Å². The smallest absolute Gasteiger partial charge is 0.387 e. The molecular formula is C24H25F2NO4. The van der Waals surface area contributed by atoms with Gasteiger partial charge in [0.15, 0.2) is 6.61 Å². The maximum absolute atomic E-state index is 12.3. The number of ether oxygens (including phenoxy) is 2. The first-order chi connectivity index (χ1) is 15.0. The van der Waals surface area contributed by atoms with E-state index in [0.29, 0.717) is 24.6 Å². The molecular weight excluding hydrogens is 404 g/mol. The maximum atomic E-state index is 12.3. The van der Waals surface area contributed by atoms with Crippen LogP contribution in [0.3, 0.4) is 0 Å². The van der Waals surface area contributed by atoms with E-state index in [1.54, 1.807) is 4.90 Å². The average Bonchev–Trinajstić information content (AvgIpc) is 2.78. The first-order valence-electron chi connectivity index (χ1n) is 10.2. The van der Waals surface area contributed by atoms with E-state index in [1.165, 1.54) is 42.0 Å². The van der Waals surface area contributed by atoms with E-state index >= 15 is 0 Å². The fourth-order valence-electron chi connectivity index (χ4n) is 3.53. The molecule has 1 heterocycles. The van der Waals surface area contributed by atoms with Crippen LogP contribution in [0.1, 0.15) is 24.0 Å². The third-order valence-corrected chi connectivity index (χ3v) is 5.19. The van der Waals surface area contributed by atoms with Gasteiger partial charge in [0, 0.05) is 19.2 Å². The molecule has 2 aromatic rings. The van der Waals surface area contributed by atoms with Gasteiger partial charge < -0.3 is 14.4 Å². The number of likely N-dealkylation sites (tertiary alicyclic amines) is 1. The lowest BCUT2D eigenvalue weighted by molar-refractivity contribution is -0.148. The van der Waals surface area contributed by atoms with Gasteiger partial charge in [-0.2, -0.15) is 8.78 Å². The molecule has 0 radical (unpaired) electrons. The van der Waals surface area contributed by atoms with Crippen LogP contribution in [0, 0.1) is 5.92 Å². The highest BCUT2D eigenvalue weighted by Gasteiger charge is 2.23. The van der Waals surface area contributed by atoms with Crippen molar-refractivity contribution >= 4 is 18.0 Å². The zero-order chi connectivity index (χ0) is 22.1. The minimum Gasteiger partial charge on any atom is -0.452 e. The number of halogens is 2. The molecule has 31 heavy (non-hydrogen) atoms. The molecule has 7 heteroatoms. The van der Waals surface area contributed by atoms with Gasteiger partial charge in [0.05, 0.1) is 0 Å². The fourth-order valence-corrected chi connectivity index (χ4v) is 3.53. The van der Waals surface area contributed by atoms with Crippen molar-refractivity contribution in [2.75, 3.05) is 19.7 Å². The number of carbonyl (C=O) groups excluding carboxylic acids is 2. The maximum Gasteiger partial charge on any atom is 0.387 e. The van der Waals surface area contributed by atoms with Gasteiger partial charge in [0.25, 0.3) is 5.91 Å². The lowest BCUT2D eigenvalue weighted by Crippen LogP contribution is -2.41. The zero-order valence-corrected chi connectivity index (χ0v) is 17.1. The second-order valence-electron chi connectivity index (χ2n) is 7.40. The summed E-state index contributed by atoms with van der Waals surface area (Å²) in [6.45, 7) is -1.86. The summed E-state index contributed by atoms with van der Waals surface area (Å²) in [6.07, 6.45) is 5.55. The van der Waals surface area contributed by atoms with E-state index in [1.807, 2.05) is 18.2 Å². The number of esters is 1. The Labute approximate surface area is 180 Å². The number of carbonyl (C=O) groups is 2. The number of piperidine rings is 1. The normalized spacial score (nSPS) is 14.7. The quantitative estimate of drug-likeness (QED) is 0.463. The Morgan fingerprint density at radius 1 is 1.03 bits per heavy atom. The van der Waals surface area contributed by atoms with E-state index in [4.69, 9.17) is 4.74 Å². The van der Waals surface area contributed by atoms with Crippen molar-refractivity contribution in [3.05, 3.63) is 71.8 Å². The average molecular weight is 429 g/mol. The van der Waals surface area contributed by atoms with Gasteiger partial charge in [-0.15, -0.1) is 0 Å². The van der Waals surface area contributed by atoms with Crippen molar-refractivity contribution in [3.63, 3.8) is 0 Å². The van der Waals surface area contributed by atoms with Crippen molar-refractivity contribution in [1.29, 1.82) is 0 Å². The Hall–Kier alpha value is -3.22. The summed E-state index contributed by atoms with van der Waals surface area (Å²) < 4.78 is 33.6. The summed E-state index contributed by atoms with van der Waals surface area (Å²) in [6, 6.07) is 16.1. The van der Waals surface area contributed by atoms with Gasteiger partial charge in [-0.1, -0.05) is 42.5 Å². The number of hydrogen-bond acceptors (Lipinski definition) is 4. The third-order valence-electron chi connectivity index (χ3n) is 5.19. The number of amides is 1. The van der Waals surface area contributed by atoms with Gasteiger partial charge in [-0.3, -0.25) is 4.79 Å². The van der Waals surface area contributed by atoms with Crippen LogP contribution >= 0.6 is 0 Å². The number of nitrogens with zero attached hydrogens (tertiary/aromatic N) is 1. The monoisotopic (exact) mass is 429 g/mol. The van der Waals surface area contributed by atoms with Crippen LogP contribution in [0.25, 0.3) is 6.08 Å². The standard InChI is InChI=1S/C24H25F2NO4/c25-24(26)31-21-9-6-18(7-10-21)8-11-23(29)30-17-22(28)27-14-12-20(13-15-27)16-19-4-2-1-3-5-19/h1-11,20,24H,12-17H2. The summed E-state index contributed by atoms with van der Waals surface area (Å²) in [5.41, 5.74) is 1.93. The Morgan fingerprint density at radius 3 is 2.35 bits per heavy atom. The predicted octanol–water partition coefficient (Wildman–Crippen LogP) is 4.33. The van der Waals surface area contributed by atoms with Crippen LogP contribution in [0.5, 0.6) is 5.75 Å². The van der Waals surface area contributed by atoms with Crippen LogP contribution in [-0.4, -0.2) is 43.1 Å². The van der Waals surface area contributed by atoms with E-state index < -0.39 is 12.6 Å². The van der Waals surface area contributed by atoms with Crippen LogP contribution in [0.4, 0.5) is 8.78 Å². The molecule has 0 aliphatic carbocycles. The number of benzene rings is 2. The van der Waals surface area contributed by atoms with Crippen LogP contribution < -0.4 is 4.74 Å². The molecule has 0 atom stereocenters. The molecule has 1 amide bonds. The minimum atomic E-state index is -2.89. The highest BCUT2D eigenvalue weighted by molar-refractivity contribution is 5.89. The lowest BCUT2D eigenvalue weighted by Gasteiger charge is -2.32. The van der Waals surface area contributed by atoms with Gasteiger partial charge >= 0.3 is 12.6 Å². The molecule has 2 aromatic carbocycles. The molecule has 164 valence electrons. The Morgan fingerprint density at radius 2 is 1.71 bits per heavy atom. The second-order valence-corrected chi connectivity index (χ2v) is 7.40. The molecule has 0 spiro atoms. The van der Waals surface area contributed by atoms with E-state index in [2.05, 4.69) is 16.9 Å². The number of hydrogen-bond donors (Lipinski definition) is 0. The van der Waals surface area contributed by atoms with Gasteiger partial charge in [-0.25, -0.2) is 4.79 Å². The highest BCUT2D eigenvalue weighted by Crippen LogP contribution is 2.21. The summed E-state index contributed by atoms with van der Waals surface area (Å²) in [5, 5.41) is 0. The van der Waals surface area contributed by atoms with Gasteiger partial charge in [0.1, 0.15) is 5.75 Å². The van der Waals surface area contributed by atoms with E-state index in [9.17, 15) is 18.4 Å². The molecule has 5 nitrogen and oxygen atoms in total. The van der Waals surface area contributed by atoms with Crippen LogP contribution in [0.2, 0.25) is 0 Å². The Bertz CT molecular complexity index is 876. The molecule has 1 aliphatic heterocycles. The first kappa shape index (κ1) is 22.5. The Balaban J connectivity index is 1.37. The molecule has 0 bridgehead atoms. The summed E-state index contributed by atoms with van der Waals surface area (Å²) in [5.74, 6) is -0.254. The van der Waals surface area contributed by atoms with E-state index in [-0.39, 0.29) is 18.3 Å². The van der Waals surface area contributed by atoms with E-state index in [0.717, 1.165) is 19.3 Å². The molecule has 0 N–H and O–H groups in total. The van der Waals surface area contributed by atoms with Gasteiger partial charge in [-0.05, 0) is 54.5 Å². The summed E-state index contributed by atoms with van der Waals surface area (Å²) >= 11 is 0. The lowest BCUT2D eigenvalue weighted by atomic mass is 9.90. The van der Waals surface area contributed by atoms with Crippen molar-refractivity contribution < 1.29 is 27.8 Å². The second kappa shape index (κ2) is 11.2. The number of rotatable bonds is 8. The molecule has 0 aromatic heterocycles. The van der Waals surface area contributed by atoms with Crippen molar-refractivity contribution in [2.45, 2.75) is 25.9 Å². The summed E-state index contributed by atoms with van der Waals surface area (Å²) in [4.78, 5) is 25.9. The molecule has 0 unspecified atom stereocenters. The van der Waals surface area contributed by atoms with Crippen LogP contribution in [-0.2, 0) is 20.7 Å². The molecule has 1 aliphatic rings. The SMILES string of the molecule is O=C(C=Cc1ccc(OC(F)F)cc1)OCC(=O)N1CCC(Cc2ccccc2)CC1. The Kier molecular flexibility index (Phi) is 8.15. The third kappa shape index (κ3) is 7.51. The van der Waals surface area contributed by atoms with Crippen LogP contribution in [0.15, 0.2) is 60.7 Å². The zero-order valence-electron chi connectivity index (χ0n) is 17.1. The fraction of sp³-hybridized carbons (Fsp3) is 0.333. The van der Waals surface area contributed by atoms with Crippen molar-refractivity contribution in [2.24, 2.45) is 5.92 Å². The molecule has 1 fully saturated rings. The topological polar surface area (TPSA) is 55.8 Å². The molecule has 0 saturated carbocycles. The minimum absolute atomic E-state index is 0.0351.